The third kappa shape index (κ3) is 6.83. The number of carbonyl (C=O) groups excluding carboxylic acids is 3. The third-order valence-electron chi connectivity index (χ3n) is 7.27. The summed E-state index contributed by atoms with van der Waals surface area (Å²) in [7, 11) is 4.75. The molecule has 0 spiro atoms. The third-order valence-corrected chi connectivity index (χ3v) is 7.27. The number of benzene rings is 2. The van der Waals surface area contributed by atoms with E-state index in [1.165, 1.54) is 22.2 Å². The van der Waals surface area contributed by atoms with Crippen LogP contribution in [0.15, 0.2) is 60.8 Å². The number of carbonyl (C=O) groups is 3. The highest BCUT2D eigenvalue weighted by molar-refractivity contribution is 6.05. The summed E-state index contributed by atoms with van der Waals surface area (Å²) in [5.74, 6) is -1.52. The minimum atomic E-state index is -1.35. The minimum absolute atomic E-state index is 0.0428. The molecule has 0 bridgehead atoms. The number of halogens is 1. The number of hydrazine groups is 1. The summed E-state index contributed by atoms with van der Waals surface area (Å²) in [4.78, 5) is 43.5. The molecule has 2 atom stereocenters. The van der Waals surface area contributed by atoms with E-state index in [1.54, 1.807) is 64.5 Å². The van der Waals surface area contributed by atoms with Gasteiger partial charge in [-0.15, -0.1) is 0 Å². The molecule has 3 aromatic rings. The molecule has 1 aromatic heterocycles. The summed E-state index contributed by atoms with van der Waals surface area (Å²) in [6.07, 6.45) is 1.69. The van der Waals surface area contributed by atoms with Crippen molar-refractivity contribution in [2.45, 2.75) is 45.3 Å². The number of pyridine rings is 1. The number of aliphatic hydroxyl groups excluding tert-OH is 1. The number of nitrogens with zero attached hydrogens (tertiary/aromatic N) is 3. The van der Waals surface area contributed by atoms with Gasteiger partial charge in [0.25, 0.3) is 17.7 Å². The van der Waals surface area contributed by atoms with Gasteiger partial charge in [-0.2, -0.15) is 0 Å². The second-order valence-electron chi connectivity index (χ2n) is 11.7. The number of hydrogen-bond donors (Lipinski definition) is 4. The number of amides is 3. The van der Waals surface area contributed by atoms with E-state index in [-0.39, 0.29) is 17.0 Å². The zero-order valence-electron chi connectivity index (χ0n) is 25.3. The monoisotopic (exact) mass is 588 g/mol. The second kappa shape index (κ2) is 12.2. The van der Waals surface area contributed by atoms with Gasteiger partial charge in [0.05, 0.1) is 11.4 Å². The zero-order valence-corrected chi connectivity index (χ0v) is 25.3. The van der Waals surface area contributed by atoms with Crippen molar-refractivity contribution in [3.63, 3.8) is 0 Å². The SMILES string of the molecule is Cc1c(C2=CC(Nc3ccc([C@@H](O)C(=O)N(C)C)cn3)C(=O)NN2C)ccc(F)c1NC(=O)c1ccc(C(C)(C)C)cc1. The Kier molecular flexibility index (Phi) is 8.86. The van der Waals surface area contributed by atoms with Crippen LogP contribution in [0.1, 0.15) is 59.5 Å². The first kappa shape index (κ1) is 31.2. The Hall–Kier alpha value is -4.77. The molecule has 43 heavy (non-hydrogen) atoms. The van der Waals surface area contributed by atoms with Crippen molar-refractivity contribution in [1.82, 2.24) is 20.3 Å². The zero-order chi connectivity index (χ0) is 31.6. The van der Waals surface area contributed by atoms with Gasteiger partial charge in [-0.05, 0) is 59.9 Å². The maximum atomic E-state index is 15.0. The number of aromatic nitrogens is 1. The molecule has 226 valence electrons. The highest BCUT2D eigenvalue weighted by Crippen LogP contribution is 2.31. The Bertz CT molecular complexity index is 1560. The van der Waals surface area contributed by atoms with Crippen LogP contribution in [0, 0.1) is 12.7 Å². The maximum Gasteiger partial charge on any atom is 0.265 e. The van der Waals surface area contributed by atoms with E-state index < -0.39 is 29.8 Å². The van der Waals surface area contributed by atoms with Crippen LogP contribution >= 0.6 is 0 Å². The van der Waals surface area contributed by atoms with Crippen LogP contribution < -0.4 is 16.1 Å². The number of anilines is 2. The molecule has 1 unspecified atom stereocenters. The van der Waals surface area contributed by atoms with Crippen molar-refractivity contribution in [3.8, 4) is 0 Å². The molecule has 0 saturated heterocycles. The first-order valence-electron chi connectivity index (χ1n) is 13.8. The van der Waals surface area contributed by atoms with E-state index in [4.69, 9.17) is 0 Å². The van der Waals surface area contributed by atoms with Gasteiger partial charge in [0, 0.05) is 44.0 Å². The second-order valence-corrected chi connectivity index (χ2v) is 11.7. The van der Waals surface area contributed by atoms with Crippen LogP contribution in [0.2, 0.25) is 0 Å². The lowest BCUT2D eigenvalue weighted by molar-refractivity contribution is -0.137. The Morgan fingerprint density at radius 1 is 1.09 bits per heavy atom. The molecule has 1 aliphatic rings. The van der Waals surface area contributed by atoms with Gasteiger partial charge in [-0.3, -0.25) is 24.8 Å². The van der Waals surface area contributed by atoms with E-state index >= 15 is 4.39 Å². The molecule has 11 heteroatoms. The largest absolute Gasteiger partial charge is 0.378 e. The predicted octanol–water partition coefficient (Wildman–Crippen LogP) is 4.00. The maximum absolute atomic E-state index is 15.0. The molecule has 0 saturated carbocycles. The van der Waals surface area contributed by atoms with Crippen molar-refractivity contribution >= 4 is 34.9 Å². The number of nitrogens with one attached hydrogen (secondary N) is 3. The number of hydrogen-bond acceptors (Lipinski definition) is 7. The molecule has 4 rings (SSSR count). The molecule has 2 heterocycles. The van der Waals surface area contributed by atoms with Crippen LogP contribution in [0.25, 0.3) is 5.70 Å². The quantitative estimate of drug-likeness (QED) is 0.329. The van der Waals surface area contributed by atoms with Crippen molar-refractivity contribution in [1.29, 1.82) is 0 Å². The number of aliphatic hydroxyl groups is 1. The van der Waals surface area contributed by atoms with Crippen LogP contribution in [-0.2, 0) is 15.0 Å². The molecule has 4 N–H and O–H groups in total. The summed E-state index contributed by atoms with van der Waals surface area (Å²) in [5.41, 5.74) is 6.19. The van der Waals surface area contributed by atoms with Crippen LogP contribution in [0.3, 0.4) is 0 Å². The van der Waals surface area contributed by atoms with Crippen molar-refractivity contribution < 1.29 is 23.9 Å². The fraction of sp³-hybridized carbons (Fsp3) is 0.312. The van der Waals surface area contributed by atoms with E-state index in [1.807, 2.05) is 12.1 Å². The predicted molar refractivity (Wildman–Crippen MR) is 163 cm³/mol. The molecule has 10 nitrogen and oxygen atoms in total. The van der Waals surface area contributed by atoms with Crippen LogP contribution in [0.4, 0.5) is 15.9 Å². The average molecular weight is 589 g/mol. The van der Waals surface area contributed by atoms with E-state index in [2.05, 4.69) is 41.8 Å². The summed E-state index contributed by atoms with van der Waals surface area (Å²) < 4.78 is 15.0. The fourth-order valence-electron chi connectivity index (χ4n) is 4.63. The minimum Gasteiger partial charge on any atom is -0.378 e. The molecular formula is C32H37FN6O4. The topological polar surface area (TPSA) is 127 Å². The van der Waals surface area contributed by atoms with Gasteiger partial charge >= 0.3 is 0 Å². The summed E-state index contributed by atoms with van der Waals surface area (Å²) in [6.45, 7) is 7.95. The van der Waals surface area contributed by atoms with Gasteiger partial charge < -0.3 is 20.6 Å². The molecule has 0 radical (unpaired) electrons. The van der Waals surface area contributed by atoms with Crippen molar-refractivity contribution in [2.24, 2.45) is 0 Å². The van der Waals surface area contributed by atoms with Gasteiger partial charge in [-0.1, -0.05) is 39.0 Å². The van der Waals surface area contributed by atoms with Gasteiger partial charge in [-0.25, -0.2) is 9.37 Å². The fourth-order valence-corrected chi connectivity index (χ4v) is 4.63. The highest BCUT2D eigenvalue weighted by Gasteiger charge is 2.28. The van der Waals surface area contributed by atoms with Gasteiger partial charge in [0.15, 0.2) is 6.10 Å². The summed E-state index contributed by atoms with van der Waals surface area (Å²) in [5, 5.41) is 17.5. The number of rotatable bonds is 7. The highest BCUT2D eigenvalue weighted by atomic mass is 19.1. The Morgan fingerprint density at radius 3 is 2.35 bits per heavy atom. The normalized spacial score (nSPS) is 15.7. The van der Waals surface area contributed by atoms with Gasteiger partial charge in [0.1, 0.15) is 17.7 Å². The molecule has 0 fully saturated rings. The molecular weight excluding hydrogens is 551 g/mol. The average Bonchev–Trinajstić information content (AvgIpc) is 2.96. The first-order valence-corrected chi connectivity index (χ1v) is 13.8. The van der Waals surface area contributed by atoms with E-state index in [0.29, 0.717) is 33.8 Å². The standard InChI is InChI=1S/C32H37FN6O4/c1-18-22(13-14-23(33)27(18)36-29(41)19-8-11-21(12-9-19)32(2,3)4)25-16-24(30(42)37-39(25)7)35-26-15-10-20(17-34-26)28(40)31(43)38(5)6/h8-17,24,28,40H,1-7H3,(H,34,35)(H,36,41)(H,37,42)/t24?,28-/m1/s1. The Labute approximate surface area is 250 Å². The van der Waals surface area contributed by atoms with Crippen LogP contribution in [0.5, 0.6) is 0 Å². The molecule has 2 aromatic carbocycles. The van der Waals surface area contributed by atoms with E-state index in [0.717, 1.165) is 5.56 Å². The lowest BCUT2D eigenvalue weighted by Crippen LogP contribution is -2.50. The summed E-state index contributed by atoms with van der Waals surface area (Å²) in [6, 6.07) is 12.3. The number of likely N-dealkylation sites (N-methyl/N-ethyl adjacent to an activating group) is 1. The van der Waals surface area contributed by atoms with Crippen molar-refractivity contribution in [2.75, 3.05) is 31.8 Å². The van der Waals surface area contributed by atoms with Gasteiger partial charge in [0.2, 0.25) is 0 Å². The molecule has 3 amide bonds. The van der Waals surface area contributed by atoms with Crippen molar-refractivity contribution in [3.05, 3.63) is 94.4 Å². The van der Waals surface area contributed by atoms with Crippen LogP contribution in [-0.4, -0.2) is 64.9 Å². The Morgan fingerprint density at radius 2 is 1.77 bits per heavy atom. The molecule has 0 aliphatic carbocycles. The smallest absolute Gasteiger partial charge is 0.265 e. The summed E-state index contributed by atoms with van der Waals surface area (Å²) >= 11 is 0. The molecule has 1 aliphatic heterocycles. The Balaban J connectivity index is 1.57. The lowest BCUT2D eigenvalue weighted by atomic mass is 9.86. The van der Waals surface area contributed by atoms with E-state index in [9.17, 15) is 19.5 Å². The lowest BCUT2D eigenvalue weighted by Gasteiger charge is -2.32. The first-order chi connectivity index (χ1) is 20.2.